The van der Waals surface area contributed by atoms with Gasteiger partial charge in [0.2, 0.25) is 0 Å². The summed E-state index contributed by atoms with van der Waals surface area (Å²) in [6.45, 7) is 4.56. The van der Waals surface area contributed by atoms with Gasteiger partial charge in [-0.25, -0.2) is 0 Å². The number of hydrogen-bond donors (Lipinski definition) is 3. The molecule has 0 atom stereocenters. The first-order valence-corrected chi connectivity index (χ1v) is 5.22. The Morgan fingerprint density at radius 3 is 2.21 bits per heavy atom. The topological polar surface area (TPSA) is 69.6 Å². The molecular formula is C10H21NO3. The first-order chi connectivity index (χ1) is 6.63. The number of carbonyl (C=O) groups is 1. The maximum absolute atomic E-state index is 11.0. The fourth-order valence-electron chi connectivity index (χ4n) is 1.44. The van der Waals surface area contributed by atoms with Crippen molar-refractivity contribution in [3.05, 3.63) is 0 Å². The van der Waals surface area contributed by atoms with Crippen molar-refractivity contribution < 1.29 is 15.0 Å². The van der Waals surface area contributed by atoms with E-state index in [-0.39, 0.29) is 6.61 Å². The highest BCUT2D eigenvalue weighted by Gasteiger charge is 2.33. The van der Waals surface area contributed by atoms with Crippen LogP contribution in [-0.4, -0.2) is 34.9 Å². The Balaban J connectivity index is 4.02. The summed E-state index contributed by atoms with van der Waals surface area (Å²) in [6, 6.07) is 0. The summed E-state index contributed by atoms with van der Waals surface area (Å²) in [7, 11) is 0. The van der Waals surface area contributed by atoms with Crippen molar-refractivity contribution in [1.82, 2.24) is 5.32 Å². The van der Waals surface area contributed by atoms with Crippen LogP contribution in [0, 0.1) is 0 Å². The molecule has 0 saturated heterocycles. The molecule has 0 aliphatic rings. The summed E-state index contributed by atoms with van der Waals surface area (Å²) in [5.41, 5.74) is -0.782. The largest absolute Gasteiger partial charge is 0.480 e. The highest BCUT2D eigenvalue weighted by molar-refractivity contribution is 5.78. The highest BCUT2D eigenvalue weighted by atomic mass is 16.4. The van der Waals surface area contributed by atoms with Crippen molar-refractivity contribution in [2.24, 2.45) is 0 Å². The van der Waals surface area contributed by atoms with E-state index < -0.39 is 11.5 Å². The lowest BCUT2D eigenvalue weighted by Gasteiger charge is -2.28. The van der Waals surface area contributed by atoms with Crippen LogP contribution in [0.1, 0.15) is 39.5 Å². The van der Waals surface area contributed by atoms with Gasteiger partial charge in [-0.1, -0.05) is 13.8 Å². The number of rotatable bonds is 8. The summed E-state index contributed by atoms with van der Waals surface area (Å²) in [5.74, 6) is -0.786. The minimum Gasteiger partial charge on any atom is -0.480 e. The predicted molar refractivity (Wildman–Crippen MR) is 55.3 cm³/mol. The summed E-state index contributed by atoms with van der Waals surface area (Å²) >= 11 is 0. The Kier molecular flexibility index (Phi) is 6.49. The Morgan fingerprint density at radius 1 is 1.29 bits per heavy atom. The molecule has 3 N–H and O–H groups in total. The van der Waals surface area contributed by atoms with Crippen LogP contribution < -0.4 is 5.32 Å². The zero-order chi connectivity index (χ0) is 11.0. The van der Waals surface area contributed by atoms with Crippen LogP contribution in [0.2, 0.25) is 0 Å². The second-order valence-corrected chi connectivity index (χ2v) is 3.45. The molecule has 84 valence electrons. The Morgan fingerprint density at radius 2 is 1.86 bits per heavy atom. The van der Waals surface area contributed by atoms with Crippen LogP contribution in [0.4, 0.5) is 0 Å². The van der Waals surface area contributed by atoms with E-state index in [2.05, 4.69) is 5.32 Å². The molecule has 14 heavy (non-hydrogen) atoms. The molecule has 0 bridgehead atoms. The van der Waals surface area contributed by atoms with Crippen molar-refractivity contribution in [3.8, 4) is 0 Å². The fourth-order valence-corrected chi connectivity index (χ4v) is 1.44. The number of aliphatic hydroxyl groups is 1. The first kappa shape index (κ1) is 13.4. The maximum atomic E-state index is 11.0. The van der Waals surface area contributed by atoms with Crippen LogP contribution in [0.5, 0.6) is 0 Å². The Hall–Kier alpha value is -0.610. The maximum Gasteiger partial charge on any atom is 0.323 e. The molecule has 0 fully saturated rings. The molecule has 4 heteroatoms. The van der Waals surface area contributed by atoms with E-state index in [0.29, 0.717) is 19.4 Å². The molecule has 0 rings (SSSR count). The molecule has 0 aliphatic carbocycles. The average molecular weight is 203 g/mol. The lowest BCUT2D eigenvalue weighted by molar-refractivity contribution is -0.145. The molecular weight excluding hydrogens is 182 g/mol. The second-order valence-electron chi connectivity index (χ2n) is 3.45. The number of carboxylic acids is 1. The van der Waals surface area contributed by atoms with E-state index in [4.69, 9.17) is 10.2 Å². The van der Waals surface area contributed by atoms with E-state index in [1.165, 1.54) is 0 Å². The van der Waals surface area contributed by atoms with Crippen LogP contribution >= 0.6 is 0 Å². The number of aliphatic hydroxyl groups excluding tert-OH is 1. The summed E-state index contributed by atoms with van der Waals surface area (Å²) < 4.78 is 0. The lowest BCUT2D eigenvalue weighted by Crippen LogP contribution is -2.51. The van der Waals surface area contributed by atoms with Gasteiger partial charge in [-0.15, -0.1) is 0 Å². The predicted octanol–water partition coefficient (Wildman–Crippen LogP) is 0.992. The minimum absolute atomic E-state index is 0.167. The van der Waals surface area contributed by atoms with E-state index in [9.17, 15) is 4.79 Å². The smallest absolute Gasteiger partial charge is 0.323 e. The van der Waals surface area contributed by atoms with Gasteiger partial charge in [-0.2, -0.15) is 0 Å². The van der Waals surface area contributed by atoms with Crippen LogP contribution in [0.25, 0.3) is 0 Å². The number of carboxylic acid groups (broad SMARTS) is 1. The van der Waals surface area contributed by atoms with Crippen molar-refractivity contribution in [3.63, 3.8) is 0 Å². The number of hydrogen-bond acceptors (Lipinski definition) is 3. The second kappa shape index (κ2) is 6.79. The molecule has 4 nitrogen and oxygen atoms in total. The van der Waals surface area contributed by atoms with Gasteiger partial charge in [0.1, 0.15) is 5.54 Å². The zero-order valence-electron chi connectivity index (χ0n) is 9.05. The number of unbranched alkanes of at least 4 members (excludes halogenated alkanes) is 1. The van der Waals surface area contributed by atoms with Crippen LogP contribution in [-0.2, 0) is 4.79 Å². The van der Waals surface area contributed by atoms with Gasteiger partial charge in [0.15, 0.2) is 0 Å². The Bertz CT molecular complexity index is 167. The van der Waals surface area contributed by atoms with Crippen molar-refractivity contribution in [1.29, 1.82) is 0 Å². The molecule has 0 heterocycles. The van der Waals surface area contributed by atoms with Gasteiger partial charge in [-0.3, -0.25) is 4.79 Å². The zero-order valence-corrected chi connectivity index (χ0v) is 9.05. The van der Waals surface area contributed by atoms with Gasteiger partial charge in [0.05, 0.1) is 0 Å². The van der Waals surface area contributed by atoms with E-state index >= 15 is 0 Å². The van der Waals surface area contributed by atoms with Gasteiger partial charge in [0, 0.05) is 6.61 Å². The van der Waals surface area contributed by atoms with Crippen molar-refractivity contribution in [2.75, 3.05) is 13.2 Å². The number of aliphatic carboxylic acids is 1. The monoisotopic (exact) mass is 203 g/mol. The third-order valence-electron chi connectivity index (χ3n) is 2.66. The average Bonchev–Trinajstić information content (AvgIpc) is 2.18. The fraction of sp³-hybridized carbons (Fsp3) is 0.900. The minimum atomic E-state index is -0.786. The lowest BCUT2D eigenvalue weighted by atomic mass is 9.93. The molecule has 0 aromatic carbocycles. The van der Waals surface area contributed by atoms with Crippen LogP contribution in [0.3, 0.4) is 0 Å². The normalized spacial score (nSPS) is 11.6. The molecule has 0 aromatic heterocycles. The first-order valence-electron chi connectivity index (χ1n) is 5.22. The molecule has 0 unspecified atom stereocenters. The van der Waals surface area contributed by atoms with Gasteiger partial charge in [-0.05, 0) is 32.2 Å². The van der Waals surface area contributed by atoms with Gasteiger partial charge >= 0.3 is 5.97 Å². The van der Waals surface area contributed by atoms with Gasteiger partial charge in [0.25, 0.3) is 0 Å². The number of nitrogens with one attached hydrogen (secondary N) is 1. The van der Waals surface area contributed by atoms with Gasteiger partial charge < -0.3 is 15.5 Å². The summed E-state index contributed by atoms with van der Waals surface area (Å²) in [6.07, 6.45) is 2.69. The standard InChI is InChI=1S/C10H21NO3/c1-3-10(4-2,9(13)14)11-7-5-6-8-12/h11-12H,3-8H2,1-2H3,(H,13,14). The van der Waals surface area contributed by atoms with Crippen LogP contribution in [0.15, 0.2) is 0 Å². The SMILES string of the molecule is CCC(CC)(NCCCCO)C(=O)O. The highest BCUT2D eigenvalue weighted by Crippen LogP contribution is 2.15. The quantitative estimate of drug-likeness (QED) is 0.515. The summed E-state index contributed by atoms with van der Waals surface area (Å²) in [5, 5.41) is 20.7. The summed E-state index contributed by atoms with van der Waals surface area (Å²) in [4.78, 5) is 11.0. The van der Waals surface area contributed by atoms with E-state index in [1.807, 2.05) is 13.8 Å². The molecule has 0 aliphatic heterocycles. The third-order valence-corrected chi connectivity index (χ3v) is 2.66. The molecule has 0 spiro atoms. The molecule has 0 amide bonds. The third kappa shape index (κ3) is 3.64. The van der Waals surface area contributed by atoms with Crippen molar-refractivity contribution >= 4 is 5.97 Å². The van der Waals surface area contributed by atoms with Crippen molar-refractivity contribution in [2.45, 2.75) is 45.1 Å². The molecule has 0 aromatic rings. The molecule has 0 radical (unpaired) electrons. The van der Waals surface area contributed by atoms with E-state index in [1.54, 1.807) is 0 Å². The van der Waals surface area contributed by atoms with E-state index in [0.717, 1.165) is 12.8 Å². The Labute approximate surface area is 85.3 Å². The molecule has 0 saturated carbocycles.